The van der Waals surface area contributed by atoms with Crippen LogP contribution in [-0.4, -0.2) is 38.6 Å². The van der Waals surface area contributed by atoms with Crippen molar-refractivity contribution in [3.8, 4) is 11.5 Å². The van der Waals surface area contributed by atoms with Crippen LogP contribution in [0.15, 0.2) is 23.2 Å². The van der Waals surface area contributed by atoms with Crippen LogP contribution in [0.1, 0.15) is 38.7 Å². The quantitative estimate of drug-likeness (QED) is 0.638. The summed E-state index contributed by atoms with van der Waals surface area (Å²) in [7, 11) is 0. The lowest BCUT2D eigenvalue weighted by Gasteiger charge is -2.36. The fourth-order valence-corrected chi connectivity index (χ4v) is 3.16. The zero-order valence-electron chi connectivity index (χ0n) is 14.5. The van der Waals surface area contributed by atoms with Crippen molar-refractivity contribution in [1.82, 2.24) is 5.32 Å². The van der Waals surface area contributed by atoms with E-state index in [2.05, 4.69) is 36.3 Å². The van der Waals surface area contributed by atoms with E-state index in [1.54, 1.807) is 0 Å². The van der Waals surface area contributed by atoms with Crippen molar-refractivity contribution in [3.63, 3.8) is 0 Å². The highest BCUT2D eigenvalue weighted by Crippen LogP contribution is 2.41. The molecule has 3 rings (SSSR count). The van der Waals surface area contributed by atoms with E-state index in [0.29, 0.717) is 25.3 Å². The molecule has 6 nitrogen and oxygen atoms in total. The van der Waals surface area contributed by atoms with Crippen LogP contribution in [0.5, 0.6) is 11.5 Å². The summed E-state index contributed by atoms with van der Waals surface area (Å²) in [6.07, 6.45) is 2.86. The Kier molecular flexibility index (Phi) is 5.14. The highest BCUT2D eigenvalue weighted by Gasteiger charge is 2.35. The minimum atomic E-state index is -0.0685. The molecule has 1 aromatic carbocycles. The number of nitrogens with one attached hydrogen (secondary N) is 1. The Hall–Kier alpha value is -1.95. The molecule has 0 amide bonds. The van der Waals surface area contributed by atoms with Crippen LogP contribution >= 0.6 is 0 Å². The predicted octanol–water partition coefficient (Wildman–Crippen LogP) is 2.17. The first-order valence-corrected chi connectivity index (χ1v) is 8.67. The van der Waals surface area contributed by atoms with Gasteiger partial charge in [-0.15, -0.1) is 0 Å². The summed E-state index contributed by atoms with van der Waals surface area (Å²) < 4.78 is 16.5. The molecule has 1 fully saturated rings. The van der Waals surface area contributed by atoms with E-state index in [4.69, 9.17) is 19.9 Å². The van der Waals surface area contributed by atoms with E-state index in [1.165, 1.54) is 5.56 Å². The number of nitrogens with zero attached hydrogens (tertiary/aromatic N) is 1. The van der Waals surface area contributed by atoms with Crippen molar-refractivity contribution < 1.29 is 14.2 Å². The first kappa shape index (κ1) is 16.9. The summed E-state index contributed by atoms with van der Waals surface area (Å²) in [4.78, 5) is 4.63. The molecule has 24 heavy (non-hydrogen) atoms. The number of rotatable bonds is 5. The maximum Gasteiger partial charge on any atom is 0.231 e. The van der Waals surface area contributed by atoms with E-state index >= 15 is 0 Å². The molecule has 1 atom stereocenters. The van der Waals surface area contributed by atoms with Gasteiger partial charge in [0, 0.05) is 24.7 Å². The lowest BCUT2D eigenvalue weighted by molar-refractivity contribution is 0.0530. The Morgan fingerprint density at radius 3 is 2.79 bits per heavy atom. The summed E-state index contributed by atoms with van der Waals surface area (Å²) in [5, 5.41) is 3.23. The number of hydrogen-bond acceptors (Lipinski definition) is 4. The largest absolute Gasteiger partial charge is 0.454 e. The van der Waals surface area contributed by atoms with E-state index < -0.39 is 0 Å². The molecule has 0 bridgehead atoms. The Morgan fingerprint density at radius 1 is 1.29 bits per heavy atom. The fraction of sp³-hybridized carbons (Fsp3) is 0.611. The van der Waals surface area contributed by atoms with Crippen molar-refractivity contribution in [2.24, 2.45) is 10.7 Å². The van der Waals surface area contributed by atoms with Crippen LogP contribution in [0.25, 0.3) is 0 Å². The Morgan fingerprint density at radius 2 is 2.04 bits per heavy atom. The summed E-state index contributed by atoms with van der Waals surface area (Å²) >= 11 is 0. The van der Waals surface area contributed by atoms with Crippen LogP contribution in [0, 0.1) is 0 Å². The Balaban J connectivity index is 1.81. The molecule has 2 heterocycles. The van der Waals surface area contributed by atoms with E-state index in [0.717, 1.165) is 44.0 Å². The Labute approximate surface area is 143 Å². The van der Waals surface area contributed by atoms with Crippen molar-refractivity contribution in [2.45, 2.75) is 44.6 Å². The first-order valence-electron chi connectivity index (χ1n) is 8.67. The maximum atomic E-state index is 6.06. The second-order valence-electron chi connectivity index (χ2n) is 6.62. The van der Waals surface area contributed by atoms with Gasteiger partial charge in [-0.05, 0) is 43.9 Å². The minimum absolute atomic E-state index is 0.0685. The molecule has 1 aromatic rings. The van der Waals surface area contributed by atoms with Crippen LogP contribution in [0.4, 0.5) is 0 Å². The van der Waals surface area contributed by atoms with Crippen molar-refractivity contribution >= 4 is 5.96 Å². The molecular formula is C18H27N3O3. The zero-order chi connectivity index (χ0) is 17.0. The van der Waals surface area contributed by atoms with Crippen LogP contribution < -0.4 is 20.5 Å². The third-order valence-electron chi connectivity index (χ3n) is 4.99. The van der Waals surface area contributed by atoms with Crippen molar-refractivity contribution in [1.29, 1.82) is 0 Å². The molecule has 0 aliphatic carbocycles. The van der Waals surface area contributed by atoms with Gasteiger partial charge >= 0.3 is 0 Å². The highest BCUT2D eigenvalue weighted by molar-refractivity contribution is 5.78. The molecule has 0 aromatic heterocycles. The standard InChI is InChI=1S/C18H27N3O3/c1-3-13(2)21-17(19)20-11-18(6-8-22-9-7-18)14-4-5-15-16(10-14)24-12-23-15/h4-5,10,13H,3,6-9,11-12H2,1-2H3,(H3,19,20,21). The monoisotopic (exact) mass is 333 g/mol. The molecule has 1 unspecified atom stereocenters. The molecule has 2 aliphatic rings. The third-order valence-corrected chi connectivity index (χ3v) is 4.99. The van der Waals surface area contributed by atoms with Gasteiger partial charge in [-0.3, -0.25) is 4.99 Å². The second kappa shape index (κ2) is 7.30. The molecule has 2 aliphatic heterocycles. The SMILES string of the molecule is CCC(C)NC(N)=NCC1(c2ccc3c(c2)OCO3)CCOCC1. The van der Waals surface area contributed by atoms with Gasteiger partial charge in [-0.1, -0.05) is 13.0 Å². The van der Waals surface area contributed by atoms with Gasteiger partial charge in [0.25, 0.3) is 0 Å². The second-order valence-corrected chi connectivity index (χ2v) is 6.62. The van der Waals surface area contributed by atoms with Gasteiger partial charge in [-0.25, -0.2) is 0 Å². The van der Waals surface area contributed by atoms with Crippen molar-refractivity contribution in [2.75, 3.05) is 26.6 Å². The molecule has 0 radical (unpaired) electrons. The molecule has 0 spiro atoms. The van der Waals surface area contributed by atoms with Gasteiger partial charge in [0.1, 0.15) is 0 Å². The van der Waals surface area contributed by atoms with Crippen LogP contribution in [0.3, 0.4) is 0 Å². The van der Waals surface area contributed by atoms with E-state index in [1.807, 2.05) is 6.07 Å². The summed E-state index contributed by atoms with van der Waals surface area (Å²) in [5.41, 5.74) is 7.21. The number of aliphatic imine (C=N–C) groups is 1. The van der Waals surface area contributed by atoms with Crippen LogP contribution in [-0.2, 0) is 10.2 Å². The summed E-state index contributed by atoms with van der Waals surface area (Å²) in [6, 6.07) is 6.51. The smallest absolute Gasteiger partial charge is 0.231 e. The average molecular weight is 333 g/mol. The molecule has 3 N–H and O–H groups in total. The van der Waals surface area contributed by atoms with Gasteiger partial charge in [0.15, 0.2) is 17.5 Å². The van der Waals surface area contributed by atoms with Gasteiger partial charge in [0.05, 0.1) is 6.54 Å². The molecular weight excluding hydrogens is 306 g/mol. The van der Waals surface area contributed by atoms with E-state index in [-0.39, 0.29) is 5.41 Å². The summed E-state index contributed by atoms with van der Waals surface area (Å²) in [6.45, 7) is 6.64. The minimum Gasteiger partial charge on any atom is -0.454 e. The normalized spacial score (nSPS) is 20.7. The number of guanidine groups is 1. The van der Waals surface area contributed by atoms with Gasteiger partial charge < -0.3 is 25.3 Å². The number of nitrogens with two attached hydrogens (primary N) is 1. The van der Waals surface area contributed by atoms with Gasteiger partial charge in [0.2, 0.25) is 6.79 Å². The number of benzene rings is 1. The first-order chi connectivity index (χ1) is 11.6. The molecule has 132 valence electrons. The molecule has 1 saturated heterocycles. The molecule has 0 saturated carbocycles. The van der Waals surface area contributed by atoms with Crippen LogP contribution in [0.2, 0.25) is 0 Å². The number of hydrogen-bond donors (Lipinski definition) is 2. The van der Waals surface area contributed by atoms with E-state index in [9.17, 15) is 0 Å². The maximum absolute atomic E-state index is 6.06. The lowest BCUT2D eigenvalue weighted by Crippen LogP contribution is -2.41. The lowest BCUT2D eigenvalue weighted by atomic mass is 9.74. The summed E-state index contributed by atoms with van der Waals surface area (Å²) in [5.74, 6) is 2.13. The zero-order valence-corrected chi connectivity index (χ0v) is 14.5. The fourth-order valence-electron chi connectivity index (χ4n) is 3.16. The Bertz CT molecular complexity index is 597. The number of fused-ring (bicyclic) bond motifs is 1. The van der Waals surface area contributed by atoms with Gasteiger partial charge in [-0.2, -0.15) is 0 Å². The topological polar surface area (TPSA) is 78.1 Å². The highest BCUT2D eigenvalue weighted by atomic mass is 16.7. The number of ether oxygens (including phenoxy) is 3. The predicted molar refractivity (Wildman–Crippen MR) is 93.7 cm³/mol. The third kappa shape index (κ3) is 3.59. The molecule has 6 heteroatoms. The van der Waals surface area contributed by atoms with Crippen molar-refractivity contribution in [3.05, 3.63) is 23.8 Å². The average Bonchev–Trinajstić information content (AvgIpc) is 3.08.